The average Bonchev–Trinajstić information content (AvgIpc) is 2.70. The molecule has 0 saturated carbocycles. The summed E-state index contributed by atoms with van der Waals surface area (Å²) in [6.07, 6.45) is 4.58. The maximum Gasteiger partial charge on any atom is 0.0431 e. The van der Waals surface area contributed by atoms with Crippen LogP contribution in [0.15, 0.2) is 17.5 Å². The van der Waals surface area contributed by atoms with Gasteiger partial charge in [-0.15, -0.1) is 11.3 Å². The zero-order valence-electron chi connectivity index (χ0n) is 9.48. The lowest BCUT2D eigenvalue weighted by atomic mass is 10.2. The van der Waals surface area contributed by atoms with Crippen molar-refractivity contribution in [2.45, 2.75) is 32.2 Å². The Morgan fingerprint density at radius 3 is 2.73 bits per heavy atom. The average molecular weight is 227 g/mol. The third kappa shape index (κ3) is 5.92. The highest BCUT2D eigenvalue weighted by Gasteiger charge is 2.00. The number of aliphatic hydroxyl groups excluding tert-OH is 1. The van der Waals surface area contributed by atoms with Crippen LogP contribution in [-0.2, 0) is 6.54 Å². The SMILES string of the molecule is CN(CCCCCCO)Cc1cccs1. The van der Waals surface area contributed by atoms with Crippen molar-refractivity contribution in [3.63, 3.8) is 0 Å². The van der Waals surface area contributed by atoms with Crippen molar-refractivity contribution < 1.29 is 5.11 Å². The van der Waals surface area contributed by atoms with E-state index in [2.05, 4.69) is 29.5 Å². The van der Waals surface area contributed by atoms with Gasteiger partial charge in [-0.1, -0.05) is 18.9 Å². The van der Waals surface area contributed by atoms with Crippen LogP contribution >= 0.6 is 11.3 Å². The molecule has 1 aromatic heterocycles. The molecule has 0 atom stereocenters. The van der Waals surface area contributed by atoms with Gasteiger partial charge in [-0.2, -0.15) is 0 Å². The van der Waals surface area contributed by atoms with E-state index in [9.17, 15) is 0 Å². The first kappa shape index (κ1) is 12.7. The summed E-state index contributed by atoms with van der Waals surface area (Å²) >= 11 is 1.82. The Hall–Kier alpha value is -0.380. The fraction of sp³-hybridized carbons (Fsp3) is 0.667. The molecule has 0 unspecified atom stereocenters. The van der Waals surface area contributed by atoms with Gasteiger partial charge in [0.25, 0.3) is 0 Å². The monoisotopic (exact) mass is 227 g/mol. The second kappa shape index (κ2) is 7.85. The quantitative estimate of drug-likeness (QED) is 0.690. The molecule has 0 aliphatic carbocycles. The first-order chi connectivity index (χ1) is 7.33. The number of nitrogens with zero attached hydrogens (tertiary/aromatic N) is 1. The van der Waals surface area contributed by atoms with Crippen LogP contribution in [0.1, 0.15) is 30.6 Å². The van der Waals surface area contributed by atoms with Crippen LogP contribution in [0, 0.1) is 0 Å². The molecule has 0 bridgehead atoms. The number of rotatable bonds is 8. The van der Waals surface area contributed by atoms with E-state index >= 15 is 0 Å². The zero-order chi connectivity index (χ0) is 10.9. The summed E-state index contributed by atoms with van der Waals surface area (Å²) < 4.78 is 0. The number of unbranched alkanes of at least 4 members (excludes halogenated alkanes) is 3. The third-order valence-corrected chi connectivity index (χ3v) is 3.31. The van der Waals surface area contributed by atoms with Crippen molar-refractivity contribution in [1.29, 1.82) is 0 Å². The van der Waals surface area contributed by atoms with Crippen molar-refractivity contribution >= 4 is 11.3 Å². The van der Waals surface area contributed by atoms with Gasteiger partial charge in [0.1, 0.15) is 0 Å². The van der Waals surface area contributed by atoms with E-state index < -0.39 is 0 Å². The Balaban J connectivity index is 2.01. The maximum absolute atomic E-state index is 8.64. The maximum atomic E-state index is 8.64. The molecular weight excluding hydrogens is 206 g/mol. The van der Waals surface area contributed by atoms with E-state index in [1.165, 1.54) is 17.7 Å². The van der Waals surface area contributed by atoms with Crippen molar-refractivity contribution in [2.24, 2.45) is 0 Å². The second-order valence-corrected chi connectivity index (χ2v) is 4.99. The van der Waals surface area contributed by atoms with Crippen LogP contribution in [0.25, 0.3) is 0 Å². The largest absolute Gasteiger partial charge is 0.396 e. The molecule has 0 aliphatic rings. The number of aliphatic hydroxyl groups is 1. The number of thiophene rings is 1. The molecule has 0 fully saturated rings. The van der Waals surface area contributed by atoms with Gasteiger partial charge in [0.05, 0.1) is 0 Å². The van der Waals surface area contributed by atoms with E-state index in [0.717, 1.165) is 25.9 Å². The predicted octanol–water partition coefficient (Wildman–Crippen LogP) is 2.73. The Morgan fingerprint density at radius 2 is 2.07 bits per heavy atom. The lowest BCUT2D eigenvalue weighted by Gasteiger charge is -2.15. The van der Waals surface area contributed by atoms with E-state index in [4.69, 9.17) is 5.11 Å². The molecule has 3 heteroatoms. The van der Waals surface area contributed by atoms with Crippen molar-refractivity contribution in [1.82, 2.24) is 4.90 Å². The highest BCUT2D eigenvalue weighted by atomic mass is 32.1. The van der Waals surface area contributed by atoms with E-state index in [1.807, 2.05) is 11.3 Å². The molecule has 0 spiro atoms. The highest BCUT2D eigenvalue weighted by Crippen LogP contribution is 2.11. The smallest absolute Gasteiger partial charge is 0.0431 e. The fourth-order valence-electron chi connectivity index (χ4n) is 1.59. The van der Waals surface area contributed by atoms with E-state index in [1.54, 1.807) is 0 Å². The molecule has 0 saturated heterocycles. The molecule has 0 aliphatic heterocycles. The minimum atomic E-state index is 0.338. The molecule has 0 aromatic carbocycles. The zero-order valence-corrected chi connectivity index (χ0v) is 10.3. The van der Waals surface area contributed by atoms with Crippen LogP contribution in [0.5, 0.6) is 0 Å². The molecule has 1 heterocycles. The van der Waals surface area contributed by atoms with Crippen LogP contribution in [0.2, 0.25) is 0 Å². The van der Waals surface area contributed by atoms with Crippen molar-refractivity contribution in [2.75, 3.05) is 20.2 Å². The Morgan fingerprint density at radius 1 is 1.27 bits per heavy atom. The Kier molecular flexibility index (Phi) is 6.64. The van der Waals surface area contributed by atoms with Crippen molar-refractivity contribution in [3.8, 4) is 0 Å². The lowest BCUT2D eigenvalue weighted by Crippen LogP contribution is -2.18. The second-order valence-electron chi connectivity index (χ2n) is 3.95. The minimum Gasteiger partial charge on any atom is -0.396 e. The number of hydrogen-bond donors (Lipinski definition) is 1. The molecule has 2 nitrogen and oxygen atoms in total. The Bertz CT molecular complexity index is 236. The standard InChI is InChI=1S/C12H21NOS/c1-13(8-4-2-3-5-9-14)11-12-7-6-10-15-12/h6-7,10,14H,2-5,8-9,11H2,1H3. The minimum absolute atomic E-state index is 0.338. The van der Waals surface area contributed by atoms with E-state index in [0.29, 0.717) is 6.61 Å². The van der Waals surface area contributed by atoms with Gasteiger partial charge in [-0.3, -0.25) is 0 Å². The highest BCUT2D eigenvalue weighted by molar-refractivity contribution is 7.09. The van der Waals surface area contributed by atoms with Gasteiger partial charge in [0.2, 0.25) is 0 Å². The van der Waals surface area contributed by atoms with Crippen LogP contribution in [0.4, 0.5) is 0 Å². The molecule has 1 N–H and O–H groups in total. The summed E-state index contributed by atoms with van der Waals surface area (Å²) in [6, 6.07) is 4.29. The summed E-state index contributed by atoms with van der Waals surface area (Å²) in [6.45, 7) is 2.56. The molecule has 1 aromatic rings. The van der Waals surface area contributed by atoms with Gasteiger partial charge in [0, 0.05) is 18.0 Å². The topological polar surface area (TPSA) is 23.5 Å². The van der Waals surface area contributed by atoms with Crippen LogP contribution < -0.4 is 0 Å². The molecule has 0 amide bonds. The molecule has 15 heavy (non-hydrogen) atoms. The summed E-state index contributed by atoms with van der Waals surface area (Å²) in [4.78, 5) is 3.80. The van der Waals surface area contributed by atoms with Gasteiger partial charge >= 0.3 is 0 Å². The summed E-state index contributed by atoms with van der Waals surface area (Å²) in [5.74, 6) is 0. The molecule has 86 valence electrons. The van der Waals surface area contributed by atoms with Gasteiger partial charge in [0.15, 0.2) is 0 Å². The molecule has 1 rings (SSSR count). The van der Waals surface area contributed by atoms with E-state index in [-0.39, 0.29) is 0 Å². The summed E-state index contributed by atoms with van der Waals surface area (Å²) in [7, 11) is 2.17. The van der Waals surface area contributed by atoms with Crippen LogP contribution in [-0.4, -0.2) is 30.2 Å². The third-order valence-electron chi connectivity index (χ3n) is 2.45. The van der Waals surface area contributed by atoms with Gasteiger partial charge in [-0.25, -0.2) is 0 Å². The van der Waals surface area contributed by atoms with Gasteiger partial charge < -0.3 is 10.0 Å². The predicted molar refractivity (Wildman–Crippen MR) is 66.2 cm³/mol. The Labute approximate surface area is 96.5 Å². The lowest BCUT2D eigenvalue weighted by molar-refractivity contribution is 0.277. The normalized spacial score (nSPS) is 11.1. The van der Waals surface area contributed by atoms with Crippen LogP contribution in [0.3, 0.4) is 0 Å². The fourth-order valence-corrected chi connectivity index (χ4v) is 2.38. The molecular formula is C12H21NOS. The summed E-state index contributed by atoms with van der Waals surface area (Å²) in [5.41, 5.74) is 0. The first-order valence-electron chi connectivity index (χ1n) is 5.64. The van der Waals surface area contributed by atoms with Crippen molar-refractivity contribution in [3.05, 3.63) is 22.4 Å². The van der Waals surface area contributed by atoms with Gasteiger partial charge in [-0.05, 0) is 37.9 Å². The first-order valence-corrected chi connectivity index (χ1v) is 6.52. The summed E-state index contributed by atoms with van der Waals surface area (Å²) in [5, 5.41) is 10.8. The molecule has 0 radical (unpaired) electrons. The number of hydrogen-bond acceptors (Lipinski definition) is 3.